The molecule has 1 aromatic rings. The van der Waals surface area contributed by atoms with E-state index in [1.165, 1.54) is 0 Å². The molecule has 2 rings (SSSR count). The molecule has 0 saturated carbocycles. The van der Waals surface area contributed by atoms with E-state index in [-0.39, 0.29) is 0 Å². The van der Waals surface area contributed by atoms with Gasteiger partial charge in [-0.2, -0.15) is 0 Å². The van der Waals surface area contributed by atoms with Crippen molar-refractivity contribution < 1.29 is 9.47 Å². The van der Waals surface area contributed by atoms with Crippen molar-refractivity contribution in [3.8, 4) is 5.88 Å². The van der Waals surface area contributed by atoms with Crippen LogP contribution in [0.25, 0.3) is 0 Å². The first-order valence-corrected chi connectivity index (χ1v) is 6.66. The molecule has 0 bridgehead atoms. The molecule has 1 N–H and O–H groups in total. The number of hydrogen-bond acceptors (Lipinski definition) is 5. The average molecular weight is 251 g/mol. The summed E-state index contributed by atoms with van der Waals surface area (Å²) in [7, 11) is 0. The Kier molecular flexibility index (Phi) is 5.36. The molecule has 0 aromatic carbocycles. The largest absolute Gasteiger partial charge is 0.475 e. The summed E-state index contributed by atoms with van der Waals surface area (Å²) in [4.78, 5) is 8.48. The maximum Gasteiger partial charge on any atom is 0.221 e. The van der Waals surface area contributed by atoms with Crippen molar-refractivity contribution in [1.29, 1.82) is 0 Å². The molecule has 5 nitrogen and oxygen atoms in total. The highest BCUT2D eigenvalue weighted by molar-refractivity contribution is 5.31. The number of hydrogen-bond donors (Lipinski definition) is 1. The number of rotatable bonds is 7. The van der Waals surface area contributed by atoms with Gasteiger partial charge in [0.1, 0.15) is 12.9 Å². The molecule has 0 saturated heterocycles. The van der Waals surface area contributed by atoms with Crippen LogP contribution in [0.4, 0.5) is 0 Å². The van der Waals surface area contributed by atoms with E-state index in [1.807, 2.05) is 0 Å². The Hall–Kier alpha value is -1.20. The van der Waals surface area contributed by atoms with E-state index in [2.05, 4.69) is 22.2 Å². The third kappa shape index (κ3) is 3.65. The summed E-state index contributed by atoms with van der Waals surface area (Å²) in [6.07, 6.45) is 4.79. The first-order chi connectivity index (χ1) is 8.92. The van der Waals surface area contributed by atoms with Gasteiger partial charge in [-0.25, -0.2) is 9.97 Å². The monoisotopic (exact) mass is 251 g/mol. The van der Waals surface area contributed by atoms with Gasteiger partial charge in [0.25, 0.3) is 0 Å². The van der Waals surface area contributed by atoms with Crippen LogP contribution in [0.15, 0.2) is 6.33 Å². The van der Waals surface area contributed by atoms with E-state index in [1.54, 1.807) is 6.33 Å². The molecule has 1 aliphatic heterocycles. The van der Waals surface area contributed by atoms with Gasteiger partial charge in [0, 0.05) is 31.7 Å². The minimum Gasteiger partial charge on any atom is -0.475 e. The van der Waals surface area contributed by atoms with Crippen molar-refractivity contribution in [3.05, 3.63) is 17.6 Å². The van der Waals surface area contributed by atoms with Crippen molar-refractivity contribution >= 4 is 0 Å². The molecular weight excluding hydrogens is 230 g/mol. The Morgan fingerprint density at radius 3 is 3.11 bits per heavy atom. The Bertz CT molecular complexity index is 371. The maximum atomic E-state index is 5.67. The van der Waals surface area contributed by atoms with Gasteiger partial charge in [0.15, 0.2) is 0 Å². The van der Waals surface area contributed by atoms with Crippen LogP contribution >= 0.6 is 0 Å². The summed E-state index contributed by atoms with van der Waals surface area (Å²) in [6.45, 7) is 5.90. The van der Waals surface area contributed by atoms with Gasteiger partial charge in [0.05, 0.1) is 12.3 Å². The average Bonchev–Trinajstić information content (AvgIpc) is 2.43. The summed E-state index contributed by atoms with van der Waals surface area (Å²) in [6, 6.07) is 0. The van der Waals surface area contributed by atoms with E-state index >= 15 is 0 Å². The van der Waals surface area contributed by atoms with E-state index in [4.69, 9.17) is 9.47 Å². The lowest BCUT2D eigenvalue weighted by Crippen LogP contribution is -2.26. The fourth-order valence-electron chi connectivity index (χ4n) is 1.91. The van der Waals surface area contributed by atoms with Gasteiger partial charge < -0.3 is 14.8 Å². The summed E-state index contributed by atoms with van der Waals surface area (Å²) in [5.74, 6) is 0.700. The van der Waals surface area contributed by atoms with E-state index in [0.717, 1.165) is 50.2 Å². The molecule has 0 aliphatic carbocycles. The van der Waals surface area contributed by atoms with Gasteiger partial charge >= 0.3 is 0 Å². The second-order valence-corrected chi connectivity index (χ2v) is 4.35. The summed E-state index contributed by atoms with van der Waals surface area (Å²) >= 11 is 0. The van der Waals surface area contributed by atoms with Crippen LogP contribution in [0.5, 0.6) is 5.88 Å². The number of aromatic nitrogens is 2. The summed E-state index contributed by atoms with van der Waals surface area (Å²) in [5.41, 5.74) is 2.20. The second kappa shape index (κ2) is 7.28. The second-order valence-electron chi connectivity index (χ2n) is 4.35. The lowest BCUT2D eigenvalue weighted by Gasteiger charge is -2.18. The fourth-order valence-corrected chi connectivity index (χ4v) is 1.91. The highest BCUT2D eigenvalue weighted by Gasteiger charge is 2.15. The predicted octanol–water partition coefficient (Wildman–Crippen LogP) is 1.32. The van der Waals surface area contributed by atoms with Crippen molar-refractivity contribution in [2.24, 2.45) is 0 Å². The van der Waals surface area contributed by atoms with Crippen LogP contribution in [-0.2, 0) is 17.7 Å². The quantitative estimate of drug-likeness (QED) is 0.741. The van der Waals surface area contributed by atoms with Crippen LogP contribution in [0.1, 0.15) is 31.0 Å². The zero-order valence-corrected chi connectivity index (χ0v) is 10.9. The summed E-state index contributed by atoms with van der Waals surface area (Å²) < 4.78 is 11.1. The molecule has 0 spiro atoms. The van der Waals surface area contributed by atoms with Crippen LogP contribution in [-0.4, -0.2) is 36.3 Å². The third-order valence-electron chi connectivity index (χ3n) is 2.94. The molecule has 0 atom stereocenters. The molecule has 1 aromatic heterocycles. The molecule has 0 amide bonds. The Labute approximate surface area is 108 Å². The minimum atomic E-state index is 0.549. The molecular formula is C13H21N3O2. The van der Waals surface area contributed by atoms with E-state index in [0.29, 0.717) is 19.1 Å². The topological polar surface area (TPSA) is 56.3 Å². The molecule has 1 aliphatic rings. The van der Waals surface area contributed by atoms with Crippen molar-refractivity contribution in [2.45, 2.75) is 32.7 Å². The Balaban J connectivity index is 1.79. The van der Waals surface area contributed by atoms with Gasteiger partial charge in [0.2, 0.25) is 5.88 Å². The normalized spacial score (nSPS) is 14.3. The zero-order valence-electron chi connectivity index (χ0n) is 10.9. The maximum absolute atomic E-state index is 5.67. The molecule has 0 unspecified atom stereocenters. The van der Waals surface area contributed by atoms with Gasteiger partial charge in [-0.1, -0.05) is 13.3 Å². The minimum absolute atomic E-state index is 0.549. The Morgan fingerprint density at radius 1 is 1.28 bits per heavy atom. The standard InChI is InChI=1S/C13H21N3O2/c1-2-3-6-17-7-8-18-13-11-9-14-5-4-12(11)15-10-16-13/h10,14H,2-9H2,1H3. The third-order valence-corrected chi connectivity index (χ3v) is 2.94. The van der Waals surface area contributed by atoms with Crippen molar-refractivity contribution in [2.75, 3.05) is 26.4 Å². The Morgan fingerprint density at radius 2 is 2.22 bits per heavy atom. The first kappa shape index (κ1) is 13.2. The molecule has 2 heterocycles. The highest BCUT2D eigenvalue weighted by atomic mass is 16.5. The predicted molar refractivity (Wildman–Crippen MR) is 68.7 cm³/mol. The zero-order chi connectivity index (χ0) is 12.6. The highest BCUT2D eigenvalue weighted by Crippen LogP contribution is 2.20. The lowest BCUT2D eigenvalue weighted by molar-refractivity contribution is 0.0959. The van der Waals surface area contributed by atoms with Crippen LogP contribution in [0.3, 0.4) is 0 Å². The smallest absolute Gasteiger partial charge is 0.221 e. The SMILES string of the molecule is CCCCOCCOc1ncnc2c1CNCC2. The van der Waals surface area contributed by atoms with Gasteiger partial charge in [-0.15, -0.1) is 0 Å². The fraction of sp³-hybridized carbons (Fsp3) is 0.692. The number of nitrogens with zero attached hydrogens (tertiary/aromatic N) is 2. The molecule has 0 fully saturated rings. The summed E-state index contributed by atoms with van der Waals surface area (Å²) in [5, 5.41) is 3.31. The number of unbranched alkanes of at least 4 members (excludes halogenated alkanes) is 1. The molecule has 0 radical (unpaired) electrons. The van der Waals surface area contributed by atoms with Crippen LogP contribution < -0.4 is 10.1 Å². The van der Waals surface area contributed by atoms with Crippen LogP contribution in [0, 0.1) is 0 Å². The first-order valence-electron chi connectivity index (χ1n) is 6.66. The van der Waals surface area contributed by atoms with Crippen molar-refractivity contribution in [1.82, 2.24) is 15.3 Å². The number of fused-ring (bicyclic) bond motifs is 1. The van der Waals surface area contributed by atoms with Gasteiger partial charge in [-0.3, -0.25) is 0 Å². The van der Waals surface area contributed by atoms with Gasteiger partial charge in [-0.05, 0) is 6.42 Å². The molecule has 18 heavy (non-hydrogen) atoms. The number of ether oxygens (including phenoxy) is 2. The number of nitrogens with one attached hydrogen (secondary N) is 1. The van der Waals surface area contributed by atoms with E-state index < -0.39 is 0 Å². The molecule has 100 valence electrons. The molecule has 5 heteroatoms. The van der Waals surface area contributed by atoms with E-state index in [9.17, 15) is 0 Å². The lowest BCUT2D eigenvalue weighted by atomic mass is 10.1. The van der Waals surface area contributed by atoms with Crippen LogP contribution in [0.2, 0.25) is 0 Å². The van der Waals surface area contributed by atoms with Crippen molar-refractivity contribution in [3.63, 3.8) is 0 Å².